The predicted octanol–water partition coefficient (Wildman–Crippen LogP) is 4.85. The summed E-state index contributed by atoms with van der Waals surface area (Å²) < 4.78 is 6.03. The molecule has 1 aliphatic rings. The number of aromatic nitrogens is 1. The fourth-order valence-electron chi connectivity index (χ4n) is 5.00. The van der Waals surface area contributed by atoms with Gasteiger partial charge in [0.25, 0.3) is 0 Å². The molecule has 0 saturated heterocycles. The summed E-state index contributed by atoms with van der Waals surface area (Å²) >= 11 is 0. The van der Waals surface area contributed by atoms with Crippen LogP contribution in [-0.2, 0) is 16.8 Å². The number of aldehydes is 1. The molecule has 200 valence electrons. The lowest BCUT2D eigenvalue weighted by Crippen LogP contribution is -2.38. The summed E-state index contributed by atoms with van der Waals surface area (Å²) in [6.07, 6.45) is 6.32. The van der Waals surface area contributed by atoms with Gasteiger partial charge in [-0.05, 0) is 42.7 Å². The monoisotopic (exact) mass is 519 g/mol. The standard InChI is InChI=1S/C29H33N3O6/c33-20-21-11-13-24(14-12-21)31-26(34)16-18-32(28(35)36)17-15-25-19-30-27(38-25)29(37,22-7-3-1-4-8-22)23-9-5-2-6-10-23/h1,3-4,7-8,11-14,19-20,23,37H,2,5-6,9-10,15-18H2,(H,31,34)(H,35,36)/t29-/m0/s1. The van der Waals surface area contributed by atoms with Crippen LogP contribution in [0.2, 0.25) is 0 Å². The van der Waals surface area contributed by atoms with Crippen molar-refractivity contribution >= 4 is 24.0 Å². The summed E-state index contributed by atoms with van der Waals surface area (Å²) in [4.78, 5) is 40.4. The van der Waals surface area contributed by atoms with E-state index in [1.807, 2.05) is 30.3 Å². The number of aliphatic hydroxyl groups is 1. The minimum Gasteiger partial charge on any atom is -0.465 e. The van der Waals surface area contributed by atoms with E-state index in [2.05, 4.69) is 10.3 Å². The quantitative estimate of drug-likeness (QED) is 0.308. The van der Waals surface area contributed by atoms with E-state index in [1.165, 1.54) is 0 Å². The average molecular weight is 520 g/mol. The lowest BCUT2D eigenvalue weighted by molar-refractivity contribution is -0.116. The third-order valence-electron chi connectivity index (χ3n) is 7.13. The molecular weight excluding hydrogens is 486 g/mol. The maximum Gasteiger partial charge on any atom is 0.407 e. The SMILES string of the molecule is O=Cc1ccc(NC(=O)CCN(CCc2cnc([C@](O)(c3ccccc3)C3CCCCC3)o2)C(=O)O)cc1. The number of benzene rings is 2. The smallest absolute Gasteiger partial charge is 0.407 e. The minimum atomic E-state index is -1.35. The molecule has 9 heteroatoms. The normalized spacial score (nSPS) is 15.4. The van der Waals surface area contributed by atoms with Crippen LogP contribution in [0.25, 0.3) is 0 Å². The summed E-state index contributed by atoms with van der Waals surface area (Å²) in [7, 11) is 0. The molecule has 4 rings (SSSR count). The number of rotatable bonds is 11. The van der Waals surface area contributed by atoms with E-state index in [1.54, 1.807) is 30.5 Å². The van der Waals surface area contributed by atoms with Crippen molar-refractivity contribution in [3.8, 4) is 0 Å². The predicted molar refractivity (Wildman–Crippen MR) is 141 cm³/mol. The molecule has 3 aromatic rings. The number of carboxylic acid groups (broad SMARTS) is 1. The van der Waals surface area contributed by atoms with Crippen molar-refractivity contribution in [2.45, 2.75) is 50.5 Å². The summed E-state index contributed by atoms with van der Waals surface area (Å²) in [5.41, 5.74) is 0.408. The van der Waals surface area contributed by atoms with Crippen LogP contribution in [0.15, 0.2) is 65.2 Å². The van der Waals surface area contributed by atoms with Crippen molar-refractivity contribution in [2.75, 3.05) is 18.4 Å². The Kier molecular flexibility index (Phi) is 8.91. The first kappa shape index (κ1) is 27.1. The molecule has 2 amide bonds. The van der Waals surface area contributed by atoms with E-state index in [-0.39, 0.29) is 43.6 Å². The Bertz CT molecular complexity index is 1220. The number of oxazole rings is 1. The largest absolute Gasteiger partial charge is 0.465 e. The molecule has 0 bridgehead atoms. The van der Waals surface area contributed by atoms with Gasteiger partial charge >= 0.3 is 6.09 Å². The third-order valence-corrected chi connectivity index (χ3v) is 7.13. The highest BCUT2D eigenvalue weighted by Crippen LogP contribution is 2.43. The maximum atomic E-state index is 12.3. The molecule has 2 aromatic carbocycles. The number of hydrogen-bond donors (Lipinski definition) is 3. The molecular formula is C29H33N3O6. The average Bonchev–Trinajstić information content (AvgIpc) is 3.43. The molecule has 0 radical (unpaired) electrons. The Morgan fingerprint density at radius 2 is 1.76 bits per heavy atom. The Labute approximate surface area is 221 Å². The second-order valence-electron chi connectivity index (χ2n) is 9.66. The van der Waals surface area contributed by atoms with Crippen molar-refractivity contribution < 1.29 is 29.0 Å². The summed E-state index contributed by atoms with van der Waals surface area (Å²) in [5.74, 6) is 0.342. The van der Waals surface area contributed by atoms with Crippen LogP contribution in [-0.4, -0.2) is 51.5 Å². The molecule has 1 fully saturated rings. The Morgan fingerprint density at radius 3 is 2.42 bits per heavy atom. The molecule has 0 aliphatic heterocycles. The molecule has 0 spiro atoms. The van der Waals surface area contributed by atoms with Crippen molar-refractivity contribution in [3.63, 3.8) is 0 Å². The van der Waals surface area contributed by atoms with Gasteiger partial charge in [-0.25, -0.2) is 9.78 Å². The lowest BCUT2D eigenvalue weighted by atomic mass is 9.73. The number of carbonyl (C=O) groups is 3. The van der Waals surface area contributed by atoms with E-state index < -0.39 is 11.7 Å². The van der Waals surface area contributed by atoms with Gasteiger partial charge < -0.3 is 24.8 Å². The number of nitrogens with one attached hydrogen (secondary N) is 1. The zero-order valence-corrected chi connectivity index (χ0v) is 21.2. The molecule has 38 heavy (non-hydrogen) atoms. The fraction of sp³-hybridized carbons (Fsp3) is 0.379. The van der Waals surface area contributed by atoms with E-state index in [0.29, 0.717) is 23.3 Å². The summed E-state index contributed by atoms with van der Waals surface area (Å²) in [5, 5.41) is 24.3. The molecule has 1 heterocycles. The Morgan fingerprint density at radius 1 is 1.05 bits per heavy atom. The number of hydrogen-bond acceptors (Lipinski definition) is 6. The van der Waals surface area contributed by atoms with Crippen molar-refractivity contribution in [2.24, 2.45) is 5.92 Å². The fourth-order valence-corrected chi connectivity index (χ4v) is 5.00. The second kappa shape index (κ2) is 12.5. The van der Waals surface area contributed by atoms with Crippen molar-refractivity contribution in [1.29, 1.82) is 0 Å². The lowest BCUT2D eigenvalue weighted by Gasteiger charge is -2.36. The van der Waals surface area contributed by atoms with Gasteiger partial charge in [0, 0.05) is 43.1 Å². The molecule has 9 nitrogen and oxygen atoms in total. The van der Waals surface area contributed by atoms with Crippen LogP contribution in [0.5, 0.6) is 0 Å². The van der Waals surface area contributed by atoms with E-state index >= 15 is 0 Å². The highest BCUT2D eigenvalue weighted by molar-refractivity contribution is 5.91. The van der Waals surface area contributed by atoms with Gasteiger partial charge in [-0.15, -0.1) is 0 Å². The first-order valence-electron chi connectivity index (χ1n) is 13.0. The van der Waals surface area contributed by atoms with Gasteiger partial charge in [0.2, 0.25) is 11.8 Å². The molecule has 3 N–H and O–H groups in total. The highest BCUT2D eigenvalue weighted by atomic mass is 16.4. The maximum absolute atomic E-state index is 12.3. The first-order chi connectivity index (χ1) is 18.4. The van der Waals surface area contributed by atoms with Crippen molar-refractivity contribution in [1.82, 2.24) is 9.88 Å². The summed E-state index contributed by atoms with van der Waals surface area (Å²) in [6, 6.07) is 15.8. The Hall–Kier alpha value is -3.98. The number of carbonyl (C=O) groups excluding carboxylic acids is 2. The van der Waals surface area contributed by atoms with E-state index in [0.717, 1.165) is 42.6 Å². The van der Waals surface area contributed by atoms with Gasteiger partial charge in [-0.2, -0.15) is 0 Å². The van der Waals surface area contributed by atoms with E-state index in [4.69, 9.17) is 4.42 Å². The van der Waals surface area contributed by atoms with Gasteiger partial charge in [0.1, 0.15) is 12.0 Å². The van der Waals surface area contributed by atoms with Gasteiger partial charge in [0.15, 0.2) is 5.60 Å². The van der Waals surface area contributed by atoms with Crippen LogP contribution in [0.1, 0.15) is 66.1 Å². The molecule has 1 aliphatic carbocycles. The number of nitrogens with zero attached hydrogens (tertiary/aromatic N) is 2. The number of amides is 2. The first-order valence-corrected chi connectivity index (χ1v) is 13.0. The molecule has 1 atom stereocenters. The number of anilines is 1. The minimum absolute atomic E-state index is 0.00457. The van der Waals surface area contributed by atoms with Crippen LogP contribution < -0.4 is 5.32 Å². The Balaban J connectivity index is 1.38. The van der Waals surface area contributed by atoms with Gasteiger partial charge in [-0.3, -0.25) is 9.59 Å². The topological polar surface area (TPSA) is 133 Å². The zero-order valence-electron chi connectivity index (χ0n) is 21.2. The van der Waals surface area contributed by atoms with Crippen LogP contribution in [0.3, 0.4) is 0 Å². The summed E-state index contributed by atoms with van der Waals surface area (Å²) in [6.45, 7) is 0.114. The van der Waals surface area contributed by atoms with Crippen LogP contribution in [0, 0.1) is 5.92 Å². The van der Waals surface area contributed by atoms with Crippen LogP contribution >= 0.6 is 0 Å². The zero-order chi connectivity index (χ0) is 27.0. The van der Waals surface area contributed by atoms with Gasteiger partial charge in [-0.1, -0.05) is 49.6 Å². The molecule has 0 unspecified atom stereocenters. The molecule has 1 saturated carbocycles. The highest BCUT2D eigenvalue weighted by Gasteiger charge is 2.44. The second-order valence-corrected chi connectivity index (χ2v) is 9.66. The van der Waals surface area contributed by atoms with Crippen molar-refractivity contribution in [3.05, 3.63) is 83.6 Å². The van der Waals surface area contributed by atoms with Crippen LogP contribution in [0.4, 0.5) is 10.5 Å². The van der Waals surface area contributed by atoms with Gasteiger partial charge in [0.05, 0.1) is 6.20 Å². The molecule has 1 aromatic heterocycles. The van der Waals surface area contributed by atoms with E-state index in [9.17, 15) is 24.6 Å². The third kappa shape index (κ3) is 6.47.